The number of fused-ring (bicyclic) bond motifs is 1. The molecule has 8 nitrogen and oxygen atoms in total. The normalized spacial score (nSPS) is 15.1. The van der Waals surface area contributed by atoms with Gasteiger partial charge < -0.3 is 19.3 Å². The molecule has 0 spiro atoms. The molecule has 2 aliphatic heterocycles. The maximum absolute atomic E-state index is 14.1. The Labute approximate surface area is 244 Å². The van der Waals surface area contributed by atoms with Crippen molar-refractivity contribution in [1.82, 2.24) is 14.8 Å². The van der Waals surface area contributed by atoms with Gasteiger partial charge in [0.1, 0.15) is 6.61 Å². The van der Waals surface area contributed by atoms with Crippen LogP contribution < -0.4 is 0 Å². The Kier molecular flexibility index (Phi) is 8.13. The molecular weight excluding hydrogens is 542 g/mol. The Morgan fingerprint density at radius 1 is 1.07 bits per heavy atom. The van der Waals surface area contributed by atoms with E-state index >= 15 is 0 Å². The van der Waals surface area contributed by atoms with Crippen LogP contribution in [0.4, 0.5) is 4.79 Å². The third kappa shape index (κ3) is 5.84. The molecule has 0 atom stereocenters. The minimum atomic E-state index is -0.566. The number of likely N-dealkylation sites (tertiary alicyclic amines) is 1. The summed E-state index contributed by atoms with van der Waals surface area (Å²) in [6.07, 6.45) is 0.756. The van der Waals surface area contributed by atoms with Crippen molar-refractivity contribution < 1.29 is 23.9 Å². The smallest absolute Gasteiger partial charge is 0.414 e. The lowest BCUT2D eigenvalue weighted by Gasteiger charge is -2.36. The lowest BCUT2D eigenvalue weighted by molar-refractivity contribution is 0.0472. The van der Waals surface area contributed by atoms with Crippen LogP contribution in [0.15, 0.2) is 60.9 Å². The van der Waals surface area contributed by atoms with E-state index in [-0.39, 0.29) is 24.1 Å². The van der Waals surface area contributed by atoms with Gasteiger partial charge in [-0.15, -0.1) is 0 Å². The summed E-state index contributed by atoms with van der Waals surface area (Å²) in [4.78, 5) is 48.1. The van der Waals surface area contributed by atoms with Crippen molar-refractivity contribution in [3.63, 3.8) is 0 Å². The number of hydrogen-bond acceptors (Lipinski definition) is 6. The fourth-order valence-electron chi connectivity index (χ4n) is 5.49. The molecule has 212 valence electrons. The van der Waals surface area contributed by atoms with Crippen LogP contribution in [-0.4, -0.2) is 51.9 Å². The van der Waals surface area contributed by atoms with Crippen LogP contribution in [0.1, 0.15) is 63.0 Å². The molecule has 3 aromatic rings. The van der Waals surface area contributed by atoms with Gasteiger partial charge in [0.2, 0.25) is 0 Å². The summed E-state index contributed by atoms with van der Waals surface area (Å²) in [6.45, 7) is 10.2. The summed E-state index contributed by atoms with van der Waals surface area (Å²) in [7, 11) is 0. The SMILES string of the molecule is C=C(C)OC(=O)N1CCC(N2Cc3nc(C)c(C(=O)OCc4ccccc4)c(-c4ccc(C)cc4Cl)c3C2=O)CC1. The Hall–Kier alpha value is -4.17. The van der Waals surface area contributed by atoms with Crippen LogP contribution in [0.25, 0.3) is 11.1 Å². The molecule has 0 N–H and O–H groups in total. The number of nitrogens with zero attached hydrogens (tertiary/aromatic N) is 3. The monoisotopic (exact) mass is 573 g/mol. The highest BCUT2D eigenvalue weighted by Gasteiger charge is 2.40. The molecule has 2 aromatic carbocycles. The van der Waals surface area contributed by atoms with Gasteiger partial charge in [-0.25, -0.2) is 9.59 Å². The lowest BCUT2D eigenvalue weighted by Crippen LogP contribution is -2.46. The van der Waals surface area contributed by atoms with Gasteiger partial charge >= 0.3 is 12.1 Å². The van der Waals surface area contributed by atoms with E-state index in [2.05, 4.69) is 6.58 Å². The molecule has 0 bridgehead atoms. The van der Waals surface area contributed by atoms with Gasteiger partial charge in [-0.3, -0.25) is 9.78 Å². The van der Waals surface area contributed by atoms with Crippen molar-refractivity contribution in [3.8, 4) is 11.1 Å². The number of hydrogen-bond donors (Lipinski definition) is 0. The predicted octanol–water partition coefficient (Wildman–Crippen LogP) is 6.47. The first-order valence-electron chi connectivity index (χ1n) is 13.6. The molecule has 1 saturated heterocycles. The minimum Gasteiger partial charge on any atom is -0.457 e. The molecule has 1 aromatic heterocycles. The van der Waals surface area contributed by atoms with Gasteiger partial charge in [0.15, 0.2) is 0 Å². The maximum Gasteiger partial charge on any atom is 0.414 e. The van der Waals surface area contributed by atoms with E-state index in [1.807, 2.05) is 55.5 Å². The highest BCUT2D eigenvalue weighted by molar-refractivity contribution is 6.34. The largest absolute Gasteiger partial charge is 0.457 e. The number of halogens is 1. The third-order valence-corrected chi connectivity index (χ3v) is 7.80. The Bertz CT molecular complexity index is 1530. The third-order valence-electron chi connectivity index (χ3n) is 7.48. The van der Waals surface area contributed by atoms with Crippen molar-refractivity contribution in [2.45, 2.75) is 52.8 Å². The number of amides is 2. The minimum absolute atomic E-state index is 0.0870. The van der Waals surface area contributed by atoms with Crippen molar-refractivity contribution in [1.29, 1.82) is 0 Å². The second kappa shape index (κ2) is 11.7. The number of carbonyl (C=O) groups is 3. The number of aromatic nitrogens is 1. The predicted molar refractivity (Wildman–Crippen MR) is 155 cm³/mol. The average molecular weight is 574 g/mol. The quantitative estimate of drug-likeness (QED) is 0.248. The summed E-state index contributed by atoms with van der Waals surface area (Å²) in [5.74, 6) is -0.438. The molecule has 9 heteroatoms. The molecule has 2 aliphatic rings. The van der Waals surface area contributed by atoms with E-state index in [9.17, 15) is 14.4 Å². The standard InChI is InChI=1S/C32H32ClN3O5/c1-19(2)41-32(39)35-14-12-23(13-15-35)36-17-26-29(30(36)37)28(24-11-10-20(3)16-25(24)33)27(21(4)34-26)31(38)40-18-22-8-6-5-7-9-22/h5-11,16,23H,1,12-15,17-18H2,2-4H3. The van der Waals surface area contributed by atoms with E-state index in [0.717, 1.165) is 11.1 Å². The maximum atomic E-state index is 14.1. The van der Waals surface area contributed by atoms with E-state index in [1.54, 1.807) is 23.6 Å². The number of rotatable bonds is 6. The molecule has 5 rings (SSSR count). The Morgan fingerprint density at radius 2 is 1.78 bits per heavy atom. The molecule has 3 heterocycles. The summed E-state index contributed by atoms with van der Waals surface area (Å²) < 4.78 is 10.9. The van der Waals surface area contributed by atoms with Crippen molar-refractivity contribution in [3.05, 3.63) is 99.5 Å². The Balaban J connectivity index is 1.48. The van der Waals surface area contributed by atoms with Gasteiger partial charge in [-0.05, 0) is 50.8 Å². The number of pyridine rings is 1. The molecule has 0 unspecified atom stereocenters. The summed E-state index contributed by atoms with van der Waals surface area (Å²) in [6, 6.07) is 14.9. The van der Waals surface area contributed by atoms with Gasteiger partial charge in [0.05, 0.1) is 34.8 Å². The zero-order valence-corrected chi connectivity index (χ0v) is 24.2. The van der Waals surface area contributed by atoms with E-state index in [1.165, 1.54) is 0 Å². The summed E-state index contributed by atoms with van der Waals surface area (Å²) in [5.41, 5.74) is 4.52. The van der Waals surface area contributed by atoms with Crippen LogP contribution >= 0.6 is 11.6 Å². The lowest BCUT2D eigenvalue weighted by atomic mass is 9.92. The van der Waals surface area contributed by atoms with Gasteiger partial charge in [-0.1, -0.05) is 60.6 Å². The van der Waals surface area contributed by atoms with Crippen LogP contribution in [0.5, 0.6) is 0 Å². The van der Waals surface area contributed by atoms with Crippen LogP contribution in [-0.2, 0) is 22.6 Å². The second-order valence-electron chi connectivity index (χ2n) is 10.5. The zero-order valence-electron chi connectivity index (χ0n) is 23.4. The first-order chi connectivity index (χ1) is 19.6. The van der Waals surface area contributed by atoms with Crippen LogP contribution in [0.3, 0.4) is 0 Å². The first-order valence-corrected chi connectivity index (χ1v) is 14.0. The van der Waals surface area contributed by atoms with E-state index in [0.29, 0.717) is 71.3 Å². The van der Waals surface area contributed by atoms with Crippen LogP contribution in [0, 0.1) is 13.8 Å². The van der Waals surface area contributed by atoms with E-state index < -0.39 is 12.1 Å². The van der Waals surface area contributed by atoms with Gasteiger partial charge in [0, 0.05) is 35.3 Å². The van der Waals surface area contributed by atoms with Gasteiger partial charge in [0.25, 0.3) is 5.91 Å². The topological polar surface area (TPSA) is 89.0 Å². The zero-order chi connectivity index (χ0) is 29.3. The van der Waals surface area contributed by atoms with Crippen molar-refractivity contribution in [2.24, 2.45) is 0 Å². The van der Waals surface area contributed by atoms with E-state index in [4.69, 9.17) is 26.1 Å². The second-order valence-corrected chi connectivity index (χ2v) is 10.9. The molecule has 2 amide bonds. The van der Waals surface area contributed by atoms with Gasteiger partial charge in [-0.2, -0.15) is 0 Å². The highest BCUT2D eigenvalue weighted by atomic mass is 35.5. The first kappa shape index (κ1) is 28.4. The summed E-state index contributed by atoms with van der Waals surface area (Å²) in [5, 5.41) is 0.436. The fourth-order valence-corrected chi connectivity index (χ4v) is 5.82. The molecular formula is C32H32ClN3O5. The molecule has 1 fully saturated rings. The van der Waals surface area contributed by atoms with Crippen molar-refractivity contribution in [2.75, 3.05) is 13.1 Å². The molecule has 41 heavy (non-hydrogen) atoms. The average Bonchev–Trinajstić information content (AvgIpc) is 3.27. The number of aryl methyl sites for hydroxylation is 2. The number of esters is 1. The molecule has 0 radical (unpaired) electrons. The van der Waals surface area contributed by atoms with Crippen molar-refractivity contribution >= 4 is 29.6 Å². The number of benzene rings is 2. The number of piperidine rings is 1. The summed E-state index contributed by atoms with van der Waals surface area (Å²) >= 11 is 6.73. The fraction of sp³-hybridized carbons (Fsp3) is 0.312. The number of carbonyl (C=O) groups excluding carboxylic acids is 3. The number of ether oxygens (including phenoxy) is 2. The van der Waals surface area contributed by atoms with Crippen LogP contribution in [0.2, 0.25) is 5.02 Å². The molecule has 0 saturated carbocycles. The Morgan fingerprint density at radius 3 is 2.44 bits per heavy atom. The molecule has 0 aliphatic carbocycles. The highest BCUT2D eigenvalue weighted by Crippen LogP contribution is 2.41. The number of allylic oxidation sites excluding steroid dienone is 1.